The van der Waals surface area contributed by atoms with Gasteiger partial charge in [-0.2, -0.15) is 0 Å². The topological polar surface area (TPSA) is 48.2 Å². The number of aromatic nitrogens is 2. The molecule has 1 heterocycles. The molecule has 30 heavy (non-hydrogen) atoms. The van der Waals surface area contributed by atoms with E-state index in [1.807, 2.05) is 48.5 Å². The molecule has 0 saturated carbocycles. The van der Waals surface area contributed by atoms with E-state index in [0.717, 1.165) is 16.7 Å². The summed E-state index contributed by atoms with van der Waals surface area (Å²) >= 11 is 24.3. The van der Waals surface area contributed by atoms with Crippen molar-refractivity contribution in [1.82, 2.24) is 10.2 Å². The minimum absolute atomic E-state index is 0.262. The van der Waals surface area contributed by atoms with E-state index >= 15 is 0 Å². The van der Waals surface area contributed by atoms with Crippen LogP contribution in [0.1, 0.15) is 17.0 Å². The van der Waals surface area contributed by atoms with Crippen LogP contribution in [-0.4, -0.2) is 10.2 Å². The van der Waals surface area contributed by atoms with Gasteiger partial charge in [0, 0.05) is 15.6 Å². The molecule has 152 valence electrons. The summed E-state index contributed by atoms with van der Waals surface area (Å²) in [5, 5.41) is 10.1. The zero-order valence-electron chi connectivity index (χ0n) is 15.4. The minimum atomic E-state index is 0.262. The van der Waals surface area contributed by atoms with Crippen LogP contribution in [0, 0.1) is 0 Å². The van der Waals surface area contributed by atoms with Crippen LogP contribution in [0.3, 0.4) is 0 Å². The largest absolute Gasteiger partial charge is 0.486 e. The molecule has 1 aromatic heterocycles. The number of halogens is 4. The van der Waals surface area contributed by atoms with Crippen molar-refractivity contribution in [2.75, 3.05) is 0 Å². The third-order valence-electron chi connectivity index (χ3n) is 4.23. The first-order chi connectivity index (χ1) is 14.5. The van der Waals surface area contributed by atoms with E-state index in [0.29, 0.717) is 44.0 Å². The van der Waals surface area contributed by atoms with Crippen LogP contribution in [0.2, 0.25) is 20.1 Å². The monoisotopic (exact) mass is 478 g/mol. The van der Waals surface area contributed by atoms with Crippen LogP contribution < -0.4 is 4.74 Å². The van der Waals surface area contributed by atoms with E-state index in [1.54, 1.807) is 12.1 Å². The number of rotatable bonds is 6. The molecule has 0 radical (unpaired) electrons. The third-order valence-corrected chi connectivity index (χ3v) is 5.25. The molecule has 0 N–H and O–H groups in total. The standard InChI is InChI=1S/C22H14Cl4N2O2/c23-16-6-2-3-13(8-16)9-20-27-28-22(30-20)15-5-1-4-14(7-15)12-29-21-18(25)10-17(24)11-19(21)26/h1-8,10-11H,9,12H2. The quantitative estimate of drug-likeness (QED) is 0.287. The van der Waals surface area contributed by atoms with Crippen molar-refractivity contribution in [3.05, 3.63) is 97.8 Å². The van der Waals surface area contributed by atoms with Crippen molar-refractivity contribution in [1.29, 1.82) is 0 Å². The zero-order valence-corrected chi connectivity index (χ0v) is 18.4. The molecular formula is C22H14Cl4N2O2. The molecule has 0 atom stereocenters. The summed E-state index contributed by atoms with van der Waals surface area (Å²) in [6.07, 6.45) is 0.504. The van der Waals surface area contributed by atoms with Gasteiger partial charge in [-0.25, -0.2) is 0 Å². The lowest BCUT2D eigenvalue weighted by Crippen LogP contribution is -1.97. The van der Waals surface area contributed by atoms with Crippen LogP contribution in [-0.2, 0) is 13.0 Å². The second-order valence-corrected chi connectivity index (χ2v) is 8.18. The fraction of sp³-hybridized carbons (Fsp3) is 0.0909. The van der Waals surface area contributed by atoms with E-state index in [2.05, 4.69) is 10.2 Å². The average molecular weight is 480 g/mol. The Hall–Kier alpha value is -2.24. The van der Waals surface area contributed by atoms with Crippen LogP contribution in [0.25, 0.3) is 11.5 Å². The molecule has 8 heteroatoms. The summed E-state index contributed by atoms with van der Waals surface area (Å²) in [6.45, 7) is 0.262. The molecule has 3 aromatic carbocycles. The number of benzene rings is 3. The Balaban J connectivity index is 1.48. The van der Waals surface area contributed by atoms with Crippen molar-refractivity contribution in [3.63, 3.8) is 0 Å². The summed E-state index contributed by atoms with van der Waals surface area (Å²) in [4.78, 5) is 0. The Morgan fingerprint density at radius 2 is 1.50 bits per heavy atom. The maximum Gasteiger partial charge on any atom is 0.247 e. The smallest absolute Gasteiger partial charge is 0.247 e. The summed E-state index contributed by atoms with van der Waals surface area (Å²) in [5.41, 5.74) is 2.68. The van der Waals surface area contributed by atoms with Gasteiger partial charge in [0.2, 0.25) is 11.8 Å². The Kier molecular flexibility index (Phi) is 6.49. The molecule has 0 amide bonds. The first-order valence-corrected chi connectivity index (χ1v) is 10.4. The Bertz CT molecular complexity index is 1170. The second-order valence-electron chi connectivity index (χ2n) is 6.50. The van der Waals surface area contributed by atoms with Gasteiger partial charge in [0.1, 0.15) is 6.61 Å². The van der Waals surface area contributed by atoms with Gasteiger partial charge >= 0.3 is 0 Å². The van der Waals surface area contributed by atoms with Gasteiger partial charge < -0.3 is 9.15 Å². The highest BCUT2D eigenvalue weighted by molar-refractivity contribution is 6.40. The number of nitrogens with zero attached hydrogens (tertiary/aromatic N) is 2. The Labute approximate surface area is 193 Å². The van der Waals surface area contributed by atoms with Crippen molar-refractivity contribution >= 4 is 46.4 Å². The maximum absolute atomic E-state index is 6.17. The molecule has 0 aliphatic heterocycles. The summed E-state index contributed by atoms with van der Waals surface area (Å²) in [6, 6.07) is 18.3. The maximum atomic E-state index is 6.17. The van der Waals surface area contributed by atoms with E-state index < -0.39 is 0 Å². The van der Waals surface area contributed by atoms with Gasteiger partial charge in [-0.05, 0) is 47.5 Å². The highest BCUT2D eigenvalue weighted by Gasteiger charge is 2.12. The lowest BCUT2D eigenvalue weighted by Gasteiger charge is -2.11. The summed E-state index contributed by atoms with van der Waals surface area (Å²) < 4.78 is 11.6. The number of ether oxygens (including phenoxy) is 1. The molecule has 0 unspecified atom stereocenters. The van der Waals surface area contributed by atoms with Crippen molar-refractivity contribution in [3.8, 4) is 17.2 Å². The molecule has 0 saturated heterocycles. The normalized spacial score (nSPS) is 10.9. The van der Waals surface area contributed by atoms with Gasteiger partial charge in [0.25, 0.3) is 0 Å². The predicted octanol–water partition coefficient (Wildman–Crippen LogP) is 7.52. The molecule has 4 rings (SSSR count). The van der Waals surface area contributed by atoms with Crippen LogP contribution in [0.15, 0.2) is 65.1 Å². The first kappa shape index (κ1) is 21.0. The molecular weight excluding hydrogens is 466 g/mol. The molecule has 0 aliphatic rings. The lowest BCUT2D eigenvalue weighted by molar-refractivity contribution is 0.306. The van der Waals surface area contributed by atoms with Gasteiger partial charge in [-0.15, -0.1) is 10.2 Å². The van der Waals surface area contributed by atoms with E-state index in [4.69, 9.17) is 55.6 Å². The van der Waals surface area contributed by atoms with Crippen LogP contribution in [0.5, 0.6) is 5.75 Å². The minimum Gasteiger partial charge on any atom is -0.486 e. The van der Waals surface area contributed by atoms with Gasteiger partial charge in [0.15, 0.2) is 5.75 Å². The van der Waals surface area contributed by atoms with Crippen molar-refractivity contribution in [2.45, 2.75) is 13.0 Å². The molecule has 0 bridgehead atoms. The van der Waals surface area contributed by atoms with E-state index in [1.165, 1.54) is 0 Å². The van der Waals surface area contributed by atoms with E-state index in [-0.39, 0.29) is 6.61 Å². The average Bonchev–Trinajstić information content (AvgIpc) is 3.16. The molecule has 0 spiro atoms. The van der Waals surface area contributed by atoms with Gasteiger partial charge in [-0.3, -0.25) is 0 Å². The summed E-state index contributed by atoms with van der Waals surface area (Å²) in [5.74, 6) is 1.32. The third kappa shape index (κ3) is 5.08. The molecule has 4 nitrogen and oxygen atoms in total. The Morgan fingerprint density at radius 1 is 0.767 bits per heavy atom. The van der Waals surface area contributed by atoms with Crippen LogP contribution in [0.4, 0.5) is 0 Å². The van der Waals surface area contributed by atoms with Crippen LogP contribution >= 0.6 is 46.4 Å². The fourth-order valence-electron chi connectivity index (χ4n) is 2.88. The first-order valence-electron chi connectivity index (χ1n) is 8.91. The van der Waals surface area contributed by atoms with E-state index in [9.17, 15) is 0 Å². The second kappa shape index (κ2) is 9.27. The number of hydrogen-bond acceptors (Lipinski definition) is 4. The predicted molar refractivity (Wildman–Crippen MR) is 120 cm³/mol. The summed E-state index contributed by atoms with van der Waals surface area (Å²) in [7, 11) is 0. The van der Waals surface area contributed by atoms with Crippen molar-refractivity contribution < 1.29 is 9.15 Å². The lowest BCUT2D eigenvalue weighted by atomic mass is 10.1. The van der Waals surface area contributed by atoms with Gasteiger partial charge in [0.05, 0.1) is 16.5 Å². The number of hydrogen-bond donors (Lipinski definition) is 0. The zero-order chi connectivity index (χ0) is 21.1. The highest BCUT2D eigenvalue weighted by Crippen LogP contribution is 2.36. The Morgan fingerprint density at radius 3 is 2.27 bits per heavy atom. The highest BCUT2D eigenvalue weighted by atomic mass is 35.5. The van der Waals surface area contributed by atoms with Gasteiger partial charge in [-0.1, -0.05) is 70.7 Å². The molecule has 4 aromatic rings. The van der Waals surface area contributed by atoms with Crippen molar-refractivity contribution in [2.24, 2.45) is 0 Å². The fourth-order valence-corrected chi connectivity index (χ4v) is 4.02. The molecule has 0 aliphatic carbocycles. The molecule has 0 fully saturated rings. The SMILES string of the molecule is Clc1cccc(Cc2nnc(-c3cccc(COc4c(Cl)cc(Cl)cc4Cl)c3)o2)c1.